The van der Waals surface area contributed by atoms with E-state index < -0.39 is 10.0 Å². The van der Waals surface area contributed by atoms with Gasteiger partial charge in [0.1, 0.15) is 0 Å². The van der Waals surface area contributed by atoms with Gasteiger partial charge in [-0.2, -0.15) is 4.31 Å². The molecule has 0 saturated carbocycles. The lowest BCUT2D eigenvalue weighted by Gasteiger charge is -2.34. The Morgan fingerprint density at radius 1 is 1.26 bits per heavy atom. The van der Waals surface area contributed by atoms with Crippen LogP contribution in [-0.2, 0) is 19.6 Å². The highest BCUT2D eigenvalue weighted by molar-refractivity contribution is 7.89. The Morgan fingerprint density at radius 2 is 1.91 bits per heavy atom. The summed E-state index contributed by atoms with van der Waals surface area (Å²) in [5.74, 6) is 0.0710. The van der Waals surface area contributed by atoms with Crippen LogP contribution in [0.1, 0.15) is 22.6 Å². The lowest BCUT2D eigenvalue weighted by atomic mass is 10.2. The lowest BCUT2D eigenvalue weighted by Crippen LogP contribution is -2.50. The number of hydrogen-bond acceptors (Lipinski definition) is 5. The largest absolute Gasteiger partial charge is 0.385 e. The monoisotopic (exact) mass is 360 g/mol. The molecule has 0 unspecified atom stereocenters. The van der Waals surface area contributed by atoms with Gasteiger partial charge >= 0.3 is 0 Å². The average Bonchev–Trinajstić information content (AvgIpc) is 2.87. The van der Waals surface area contributed by atoms with E-state index in [0.717, 1.165) is 9.75 Å². The highest BCUT2D eigenvalue weighted by atomic mass is 32.2. The summed E-state index contributed by atoms with van der Waals surface area (Å²) in [5, 5.41) is 0. The smallest absolute Gasteiger partial charge is 0.244 e. The summed E-state index contributed by atoms with van der Waals surface area (Å²) in [6.45, 7) is 5.92. The third-order valence-electron chi connectivity index (χ3n) is 3.94. The van der Waals surface area contributed by atoms with Crippen molar-refractivity contribution in [2.45, 2.75) is 31.6 Å². The zero-order valence-corrected chi connectivity index (χ0v) is 15.5. The van der Waals surface area contributed by atoms with Crippen molar-refractivity contribution in [3.63, 3.8) is 0 Å². The summed E-state index contributed by atoms with van der Waals surface area (Å²) < 4.78 is 31.9. The fourth-order valence-corrected chi connectivity index (χ4v) is 5.65. The molecule has 1 fully saturated rings. The van der Waals surface area contributed by atoms with Crippen LogP contribution in [0.2, 0.25) is 0 Å². The van der Waals surface area contributed by atoms with Crippen LogP contribution in [0, 0.1) is 13.8 Å². The van der Waals surface area contributed by atoms with Gasteiger partial charge in [0, 0.05) is 56.1 Å². The number of piperazine rings is 1. The van der Waals surface area contributed by atoms with Crippen LogP contribution < -0.4 is 0 Å². The molecule has 2 heterocycles. The van der Waals surface area contributed by atoms with Crippen molar-refractivity contribution < 1.29 is 17.9 Å². The molecule has 1 aliphatic heterocycles. The van der Waals surface area contributed by atoms with Crippen molar-refractivity contribution in [1.29, 1.82) is 0 Å². The fraction of sp³-hybridized carbons (Fsp3) is 0.667. The van der Waals surface area contributed by atoms with Gasteiger partial charge in [0.15, 0.2) is 0 Å². The Morgan fingerprint density at radius 3 is 2.43 bits per heavy atom. The average molecular weight is 361 g/mol. The number of amides is 1. The first-order valence-electron chi connectivity index (χ1n) is 7.70. The molecule has 23 heavy (non-hydrogen) atoms. The van der Waals surface area contributed by atoms with Gasteiger partial charge in [-0.1, -0.05) is 0 Å². The van der Waals surface area contributed by atoms with Gasteiger partial charge in [-0.25, -0.2) is 8.42 Å². The number of ether oxygens (including phenoxy) is 1. The van der Waals surface area contributed by atoms with Crippen molar-refractivity contribution in [2.75, 3.05) is 39.9 Å². The number of carbonyl (C=O) groups excluding carboxylic acids is 1. The Hall–Kier alpha value is -0.960. The van der Waals surface area contributed by atoms with Crippen LogP contribution in [0.4, 0.5) is 0 Å². The minimum Gasteiger partial charge on any atom is -0.385 e. The van der Waals surface area contributed by atoms with Crippen molar-refractivity contribution in [3.8, 4) is 0 Å². The van der Waals surface area contributed by atoms with Crippen molar-refractivity contribution in [1.82, 2.24) is 9.21 Å². The molecule has 130 valence electrons. The molecular formula is C15H24N2O4S2. The zero-order chi connectivity index (χ0) is 17.0. The molecule has 0 aliphatic carbocycles. The first-order chi connectivity index (χ1) is 10.9. The van der Waals surface area contributed by atoms with Gasteiger partial charge in [0.05, 0.1) is 4.90 Å². The molecule has 6 nitrogen and oxygen atoms in total. The van der Waals surface area contributed by atoms with E-state index in [4.69, 9.17) is 4.74 Å². The van der Waals surface area contributed by atoms with E-state index in [-0.39, 0.29) is 5.91 Å². The molecule has 1 saturated heterocycles. The molecule has 0 aromatic carbocycles. The van der Waals surface area contributed by atoms with E-state index >= 15 is 0 Å². The highest BCUT2D eigenvalue weighted by Crippen LogP contribution is 2.28. The number of hydrogen-bond donors (Lipinski definition) is 0. The molecule has 0 atom stereocenters. The number of carbonyl (C=O) groups is 1. The first kappa shape index (κ1) is 18.4. The number of rotatable bonds is 6. The predicted molar refractivity (Wildman–Crippen MR) is 90.2 cm³/mol. The summed E-state index contributed by atoms with van der Waals surface area (Å²) in [6, 6.07) is 1.73. The Labute approximate surface area is 142 Å². The predicted octanol–water partition coefficient (Wildman–Crippen LogP) is 1.62. The number of methoxy groups -OCH3 is 1. The summed E-state index contributed by atoms with van der Waals surface area (Å²) in [5.41, 5.74) is 0. The van der Waals surface area contributed by atoms with E-state index in [9.17, 15) is 13.2 Å². The number of thiophene rings is 1. The molecule has 1 aromatic rings. The van der Waals surface area contributed by atoms with Gasteiger partial charge in [-0.15, -0.1) is 11.3 Å². The van der Waals surface area contributed by atoms with Gasteiger partial charge in [0.25, 0.3) is 0 Å². The van der Waals surface area contributed by atoms with Crippen LogP contribution >= 0.6 is 11.3 Å². The molecule has 1 amide bonds. The molecule has 0 N–H and O–H groups in total. The van der Waals surface area contributed by atoms with Crippen LogP contribution in [0.5, 0.6) is 0 Å². The van der Waals surface area contributed by atoms with Crippen molar-refractivity contribution in [2.24, 2.45) is 0 Å². The molecule has 1 aliphatic rings. The van der Waals surface area contributed by atoms with Crippen LogP contribution in [0.3, 0.4) is 0 Å². The summed E-state index contributed by atoms with van der Waals surface area (Å²) in [6.07, 6.45) is 1.14. The standard InChI is InChI=1S/C15H24N2O4S2/c1-12-11-14(13(2)22-12)23(19,20)17-8-6-16(7-9-17)15(18)5-4-10-21-3/h11H,4-10H2,1-3H3. The van der Waals surface area contributed by atoms with Crippen LogP contribution in [-0.4, -0.2) is 63.4 Å². The van der Waals surface area contributed by atoms with Gasteiger partial charge in [-0.3, -0.25) is 4.79 Å². The van der Waals surface area contributed by atoms with E-state index in [2.05, 4.69) is 0 Å². The lowest BCUT2D eigenvalue weighted by molar-refractivity contribution is -0.132. The van der Waals surface area contributed by atoms with E-state index in [1.165, 1.54) is 15.6 Å². The SMILES string of the molecule is COCCCC(=O)N1CCN(S(=O)(=O)c2cc(C)sc2C)CC1. The van der Waals surface area contributed by atoms with Gasteiger partial charge < -0.3 is 9.64 Å². The quantitative estimate of drug-likeness (QED) is 0.723. The maximum Gasteiger partial charge on any atom is 0.244 e. The maximum absolute atomic E-state index is 12.7. The second-order valence-electron chi connectivity index (χ2n) is 5.66. The Bertz CT molecular complexity index is 646. The zero-order valence-electron chi connectivity index (χ0n) is 13.9. The molecule has 0 radical (unpaired) electrons. The summed E-state index contributed by atoms with van der Waals surface area (Å²) in [4.78, 5) is 16.0. The molecule has 8 heteroatoms. The second kappa shape index (κ2) is 7.74. The third-order valence-corrected chi connectivity index (χ3v) is 7.06. The minimum atomic E-state index is -3.46. The normalized spacial score (nSPS) is 16.7. The van der Waals surface area contributed by atoms with Crippen molar-refractivity contribution in [3.05, 3.63) is 15.8 Å². The topological polar surface area (TPSA) is 66.9 Å². The number of aryl methyl sites for hydroxylation is 2. The number of nitrogens with zero attached hydrogens (tertiary/aromatic N) is 2. The van der Waals surface area contributed by atoms with Crippen LogP contribution in [0.15, 0.2) is 11.0 Å². The molecule has 1 aromatic heterocycles. The summed E-state index contributed by atoms with van der Waals surface area (Å²) in [7, 11) is -1.84. The molecule has 0 bridgehead atoms. The van der Waals surface area contributed by atoms with E-state index in [0.29, 0.717) is 50.5 Å². The van der Waals surface area contributed by atoms with E-state index in [1.54, 1.807) is 18.1 Å². The van der Waals surface area contributed by atoms with E-state index in [1.807, 2.05) is 13.8 Å². The first-order valence-corrected chi connectivity index (χ1v) is 9.96. The highest BCUT2D eigenvalue weighted by Gasteiger charge is 2.31. The van der Waals surface area contributed by atoms with Gasteiger partial charge in [-0.05, 0) is 26.3 Å². The molecular weight excluding hydrogens is 336 g/mol. The fourth-order valence-electron chi connectivity index (χ4n) is 2.71. The Kier molecular flexibility index (Phi) is 6.19. The third kappa shape index (κ3) is 4.32. The molecule has 2 rings (SSSR count). The maximum atomic E-state index is 12.7. The molecule has 0 spiro atoms. The van der Waals surface area contributed by atoms with Gasteiger partial charge in [0.2, 0.25) is 15.9 Å². The number of sulfonamides is 1. The summed E-state index contributed by atoms with van der Waals surface area (Å²) >= 11 is 1.49. The van der Waals surface area contributed by atoms with Crippen LogP contribution in [0.25, 0.3) is 0 Å². The minimum absolute atomic E-state index is 0.0710. The Balaban J connectivity index is 1.96. The van der Waals surface area contributed by atoms with Crippen molar-refractivity contribution >= 4 is 27.3 Å². The second-order valence-corrected chi connectivity index (χ2v) is 9.03.